The summed E-state index contributed by atoms with van der Waals surface area (Å²) in [7, 11) is 0. The Morgan fingerprint density at radius 1 is 1.24 bits per heavy atom. The topological polar surface area (TPSA) is 42.0 Å². The zero-order valence-electron chi connectivity index (χ0n) is 9.27. The predicted molar refractivity (Wildman–Crippen MR) is 71.1 cm³/mol. The summed E-state index contributed by atoms with van der Waals surface area (Å²) in [6.07, 6.45) is 1.70. The second-order valence-electron chi connectivity index (χ2n) is 3.57. The molecule has 1 N–H and O–H groups in total. The van der Waals surface area contributed by atoms with Gasteiger partial charge in [0.15, 0.2) is 0 Å². The molecule has 0 saturated carbocycles. The number of hydrogen-bond donors (Lipinski definition) is 1. The number of hydrogen-bond acceptors (Lipinski definition) is 2. The van der Waals surface area contributed by atoms with Gasteiger partial charge in [0.1, 0.15) is 0 Å². The molecule has 0 atom stereocenters. The first-order valence-corrected chi connectivity index (χ1v) is 5.95. The number of halogens is 1. The van der Waals surface area contributed by atoms with Crippen LogP contribution in [-0.4, -0.2) is 10.9 Å². The maximum atomic E-state index is 12.0. The number of benzene rings is 1. The highest BCUT2D eigenvalue weighted by Crippen LogP contribution is 2.18. The normalized spacial score (nSPS) is 10.0. The Kier molecular flexibility index (Phi) is 3.54. The van der Waals surface area contributed by atoms with Crippen molar-refractivity contribution in [3.63, 3.8) is 0 Å². The maximum Gasteiger partial charge on any atom is 0.256 e. The van der Waals surface area contributed by atoms with Crippen LogP contribution in [0.15, 0.2) is 47.1 Å². The minimum Gasteiger partial charge on any atom is -0.320 e. The highest BCUT2D eigenvalue weighted by Gasteiger charge is 2.10. The van der Waals surface area contributed by atoms with E-state index in [0.717, 1.165) is 15.9 Å². The fourth-order valence-corrected chi connectivity index (χ4v) is 1.92. The molecule has 1 amide bonds. The van der Waals surface area contributed by atoms with Crippen molar-refractivity contribution in [1.29, 1.82) is 0 Å². The van der Waals surface area contributed by atoms with Gasteiger partial charge in [0.2, 0.25) is 0 Å². The van der Waals surface area contributed by atoms with Crippen molar-refractivity contribution in [2.45, 2.75) is 6.92 Å². The molecule has 86 valence electrons. The number of pyridine rings is 1. The monoisotopic (exact) mass is 290 g/mol. The largest absolute Gasteiger partial charge is 0.320 e. The molecular formula is C13H11BrN2O. The smallest absolute Gasteiger partial charge is 0.256 e. The van der Waals surface area contributed by atoms with Crippen LogP contribution in [0.3, 0.4) is 0 Å². The van der Waals surface area contributed by atoms with Crippen molar-refractivity contribution in [2.24, 2.45) is 0 Å². The average molecular weight is 291 g/mol. The van der Waals surface area contributed by atoms with Crippen LogP contribution in [0.25, 0.3) is 0 Å². The van der Waals surface area contributed by atoms with Crippen molar-refractivity contribution in [1.82, 2.24) is 4.98 Å². The molecule has 0 spiro atoms. The van der Waals surface area contributed by atoms with Crippen LogP contribution in [0.4, 0.5) is 5.69 Å². The van der Waals surface area contributed by atoms with E-state index in [2.05, 4.69) is 26.2 Å². The molecule has 2 aromatic rings. The number of carbonyl (C=O) groups is 1. The molecule has 0 radical (unpaired) electrons. The van der Waals surface area contributed by atoms with Gasteiger partial charge >= 0.3 is 0 Å². The van der Waals surface area contributed by atoms with Crippen molar-refractivity contribution in [3.05, 3.63) is 58.3 Å². The predicted octanol–water partition coefficient (Wildman–Crippen LogP) is 3.40. The van der Waals surface area contributed by atoms with E-state index in [-0.39, 0.29) is 5.91 Å². The lowest BCUT2D eigenvalue weighted by atomic mass is 10.2. The van der Waals surface area contributed by atoms with E-state index >= 15 is 0 Å². The summed E-state index contributed by atoms with van der Waals surface area (Å²) in [6.45, 7) is 1.86. The molecule has 1 heterocycles. The number of amides is 1. The van der Waals surface area contributed by atoms with E-state index in [1.165, 1.54) is 0 Å². The molecule has 3 nitrogen and oxygen atoms in total. The molecule has 17 heavy (non-hydrogen) atoms. The third kappa shape index (κ3) is 2.71. The van der Waals surface area contributed by atoms with Crippen LogP contribution >= 0.6 is 15.9 Å². The fourth-order valence-electron chi connectivity index (χ4n) is 1.45. The van der Waals surface area contributed by atoms with Gasteiger partial charge < -0.3 is 5.32 Å². The molecule has 0 unspecified atom stereocenters. The summed E-state index contributed by atoms with van der Waals surface area (Å²) in [5.74, 6) is -0.145. The van der Waals surface area contributed by atoms with Gasteiger partial charge in [-0.2, -0.15) is 0 Å². The number of rotatable bonds is 2. The van der Waals surface area contributed by atoms with Crippen LogP contribution in [0.2, 0.25) is 0 Å². The third-order valence-corrected chi connectivity index (χ3v) is 3.07. The Bertz CT molecular complexity index is 555. The summed E-state index contributed by atoms with van der Waals surface area (Å²) in [5.41, 5.74) is 2.14. The summed E-state index contributed by atoms with van der Waals surface area (Å²) in [4.78, 5) is 16.1. The summed E-state index contributed by atoms with van der Waals surface area (Å²) in [5, 5.41) is 2.84. The van der Waals surface area contributed by atoms with Gasteiger partial charge in [0, 0.05) is 10.7 Å². The molecule has 1 aromatic heterocycles. The first-order chi connectivity index (χ1) is 8.18. The number of nitrogens with one attached hydrogen (secondary N) is 1. The first-order valence-electron chi connectivity index (χ1n) is 5.16. The number of anilines is 1. The second-order valence-corrected chi connectivity index (χ2v) is 4.42. The number of aromatic nitrogens is 1. The Morgan fingerprint density at radius 3 is 2.71 bits per heavy atom. The average Bonchev–Trinajstić information content (AvgIpc) is 2.32. The standard InChI is InChI=1S/C13H11BrN2O/c1-9-12(7-4-8-15-9)16-13(17)10-5-2-3-6-11(10)14/h2-8H,1H3,(H,16,17). The van der Waals surface area contributed by atoms with Gasteiger partial charge in [-0.15, -0.1) is 0 Å². The molecule has 2 rings (SSSR count). The van der Waals surface area contributed by atoms with Crippen molar-refractivity contribution in [2.75, 3.05) is 5.32 Å². The highest BCUT2D eigenvalue weighted by atomic mass is 79.9. The molecule has 1 aromatic carbocycles. The quantitative estimate of drug-likeness (QED) is 0.921. The molecule has 0 aliphatic heterocycles. The van der Waals surface area contributed by atoms with E-state index < -0.39 is 0 Å². The minimum absolute atomic E-state index is 0.145. The molecule has 0 saturated heterocycles. The molecule has 0 aliphatic carbocycles. The lowest BCUT2D eigenvalue weighted by Gasteiger charge is -2.08. The van der Waals surface area contributed by atoms with Crippen LogP contribution in [0, 0.1) is 6.92 Å². The van der Waals surface area contributed by atoms with E-state index in [0.29, 0.717) is 5.56 Å². The van der Waals surface area contributed by atoms with Gasteiger partial charge in [-0.25, -0.2) is 0 Å². The Morgan fingerprint density at radius 2 is 2.00 bits per heavy atom. The third-order valence-electron chi connectivity index (χ3n) is 2.37. The van der Waals surface area contributed by atoms with Gasteiger partial charge in [0.25, 0.3) is 5.91 Å². The van der Waals surface area contributed by atoms with E-state index in [4.69, 9.17) is 0 Å². The number of nitrogens with zero attached hydrogens (tertiary/aromatic N) is 1. The van der Waals surface area contributed by atoms with Gasteiger partial charge in [-0.05, 0) is 47.1 Å². The number of aryl methyl sites for hydroxylation is 1. The minimum atomic E-state index is -0.145. The van der Waals surface area contributed by atoms with Crippen LogP contribution < -0.4 is 5.32 Å². The van der Waals surface area contributed by atoms with Crippen LogP contribution in [0.5, 0.6) is 0 Å². The van der Waals surface area contributed by atoms with E-state index in [9.17, 15) is 4.79 Å². The lowest BCUT2D eigenvalue weighted by Crippen LogP contribution is -2.13. The molecule has 0 bridgehead atoms. The van der Waals surface area contributed by atoms with Crippen LogP contribution in [0.1, 0.15) is 16.1 Å². The summed E-state index contributed by atoms with van der Waals surface area (Å²) >= 11 is 3.35. The molecular weight excluding hydrogens is 280 g/mol. The molecule has 0 fully saturated rings. The maximum absolute atomic E-state index is 12.0. The first kappa shape index (κ1) is 11.8. The van der Waals surface area contributed by atoms with Gasteiger partial charge in [0.05, 0.1) is 16.9 Å². The zero-order valence-corrected chi connectivity index (χ0v) is 10.9. The number of carbonyl (C=O) groups excluding carboxylic acids is 1. The lowest BCUT2D eigenvalue weighted by molar-refractivity contribution is 0.102. The SMILES string of the molecule is Cc1ncccc1NC(=O)c1ccccc1Br. The van der Waals surface area contributed by atoms with Crippen molar-refractivity contribution < 1.29 is 4.79 Å². The van der Waals surface area contributed by atoms with Gasteiger partial charge in [-0.3, -0.25) is 9.78 Å². The van der Waals surface area contributed by atoms with Crippen molar-refractivity contribution in [3.8, 4) is 0 Å². The Hall–Kier alpha value is -1.68. The van der Waals surface area contributed by atoms with Crippen molar-refractivity contribution >= 4 is 27.5 Å². The Balaban J connectivity index is 2.24. The second kappa shape index (κ2) is 5.10. The molecule has 0 aliphatic rings. The highest BCUT2D eigenvalue weighted by molar-refractivity contribution is 9.10. The van der Waals surface area contributed by atoms with E-state index in [1.54, 1.807) is 18.3 Å². The van der Waals surface area contributed by atoms with Gasteiger partial charge in [-0.1, -0.05) is 12.1 Å². The summed E-state index contributed by atoms with van der Waals surface area (Å²) in [6, 6.07) is 10.9. The summed E-state index contributed by atoms with van der Waals surface area (Å²) < 4.78 is 0.777. The Labute approximate surface area is 108 Å². The molecule has 4 heteroatoms. The van der Waals surface area contributed by atoms with E-state index in [1.807, 2.05) is 31.2 Å². The zero-order chi connectivity index (χ0) is 12.3. The van der Waals surface area contributed by atoms with Crippen LogP contribution in [-0.2, 0) is 0 Å². The fraction of sp³-hybridized carbons (Fsp3) is 0.0769.